The number of aromatic hydroxyl groups is 1. The van der Waals surface area contributed by atoms with E-state index in [1.165, 1.54) is 0 Å². The molecule has 1 heterocycles. The maximum Gasteiger partial charge on any atom is 0.250 e. The van der Waals surface area contributed by atoms with Gasteiger partial charge in [0.05, 0.1) is 11.4 Å². The van der Waals surface area contributed by atoms with Crippen LogP contribution < -0.4 is 10.6 Å². The largest absolute Gasteiger partial charge is 0.508 e. The number of amides is 1. The number of benzene rings is 1. The first-order chi connectivity index (χ1) is 7.70. The monoisotopic (exact) mass is 218 g/mol. The maximum atomic E-state index is 12.0. The molecule has 4 nitrogen and oxygen atoms in total. The van der Waals surface area contributed by atoms with Crippen LogP contribution in [0.25, 0.3) is 0 Å². The van der Waals surface area contributed by atoms with Crippen LogP contribution in [0.2, 0.25) is 0 Å². The fourth-order valence-electron chi connectivity index (χ4n) is 2.63. The summed E-state index contributed by atoms with van der Waals surface area (Å²) >= 11 is 0. The number of nitrogens with one attached hydrogen (secondary N) is 2. The first kappa shape index (κ1) is 9.51. The molecule has 1 aliphatic carbocycles. The molecule has 1 fully saturated rings. The normalized spacial score (nSPS) is 21.4. The predicted octanol–water partition coefficient (Wildman–Crippen LogP) is 2.07. The van der Waals surface area contributed by atoms with Crippen molar-refractivity contribution < 1.29 is 9.90 Å². The third kappa shape index (κ3) is 1.26. The van der Waals surface area contributed by atoms with Gasteiger partial charge in [0.15, 0.2) is 0 Å². The van der Waals surface area contributed by atoms with E-state index >= 15 is 0 Å². The van der Waals surface area contributed by atoms with Gasteiger partial charge in [0, 0.05) is 6.07 Å². The summed E-state index contributed by atoms with van der Waals surface area (Å²) in [6.07, 6.45) is 3.89. The molecule has 3 N–H and O–H groups in total. The van der Waals surface area contributed by atoms with Crippen molar-refractivity contribution in [1.29, 1.82) is 0 Å². The van der Waals surface area contributed by atoms with Crippen molar-refractivity contribution in [2.75, 3.05) is 10.6 Å². The Bertz CT molecular complexity index is 450. The van der Waals surface area contributed by atoms with Crippen LogP contribution in [-0.2, 0) is 4.79 Å². The third-order valence-corrected chi connectivity index (χ3v) is 3.52. The van der Waals surface area contributed by atoms with Gasteiger partial charge < -0.3 is 15.7 Å². The van der Waals surface area contributed by atoms with Crippen molar-refractivity contribution in [1.82, 2.24) is 0 Å². The molecule has 0 bridgehead atoms. The maximum absolute atomic E-state index is 12.0. The van der Waals surface area contributed by atoms with Gasteiger partial charge in [0.2, 0.25) is 5.91 Å². The lowest BCUT2D eigenvalue weighted by Gasteiger charge is -2.35. The van der Waals surface area contributed by atoms with Gasteiger partial charge in [0.25, 0.3) is 0 Å². The number of phenols is 1. The molecule has 1 aliphatic heterocycles. The molecular weight excluding hydrogens is 204 g/mol. The standard InChI is InChI=1S/C12H14N2O2/c15-8-3-4-9-10(7-8)14-12(11(16)13-9)5-1-2-6-12/h3-4,7,14-15H,1-2,5-6H2,(H,13,16). The number of anilines is 2. The summed E-state index contributed by atoms with van der Waals surface area (Å²) in [6.45, 7) is 0. The van der Waals surface area contributed by atoms with Crippen molar-refractivity contribution in [3.8, 4) is 5.75 Å². The Labute approximate surface area is 93.7 Å². The van der Waals surface area contributed by atoms with Crippen molar-refractivity contribution in [2.45, 2.75) is 31.2 Å². The highest BCUT2D eigenvalue weighted by Gasteiger charge is 2.44. The number of hydrogen-bond donors (Lipinski definition) is 3. The third-order valence-electron chi connectivity index (χ3n) is 3.52. The van der Waals surface area contributed by atoms with Crippen LogP contribution in [0.4, 0.5) is 11.4 Å². The SMILES string of the molecule is O=C1Nc2ccc(O)cc2NC12CCCC2. The fourth-order valence-corrected chi connectivity index (χ4v) is 2.63. The lowest BCUT2D eigenvalue weighted by Crippen LogP contribution is -2.50. The van der Waals surface area contributed by atoms with Gasteiger partial charge in [-0.05, 0) is 25.0 Å². The van der Waals surface area contributed by atoms with E-state index in [9.17, 15) is 9.90 Å². The van der Waals surface area contributed by atoms with E-state index in [2.05, 4.69) is 10.6 Å². The van der Waals surface area contributed by atoms with Crippen LogP contribution in [0.1, 0.15) is 25.7 Å². The first-order valence-corrected chi connectivity index (χ1v) is 5.62. The highest BCUT2D eigenvalue weighted by molar-refractivity contribution is 6.06. The Balaban J connectivity index is 2.02. The van der Waals surface area contributed by atoms with Crippen molar-refractivity contribution in [3.05, 3.63) is 18.2 Å². The summed E-state index contributed by atoms with van der Waals surface area (Å²) in [5, 5.41) is 15.6. The van der Waals surface area contributed by atoms with Crippen LogP contribution in [0, 0.1) is 0 Å². The summed E-state index contributed by atoms with van der Waals surface area (Å²) in [5.41, 5.74) is 1.13. The molecule has 1 aromatic carbocycles. The van der Waals surface area contributed by atoms with Crippen LogP contribution in [-0.4, -0.2) is 16.6 Å². The van der Waals surface area contributed by atoms with Crippen LogP contribution in [0.15, 0.2) is 18.2 Å². The molecule has 1 amide bonds. The average molecular weight is 218 g/mol. The zero-order valence-corrected chi connectivity index (χ0v) is 8.92. The molecule has 0 saturated heterocycles. The van der Waals surface area contributed by atoms with Crippen molar-refractivity contribution >= 4 is 17.3 Å². The molecule has 0 radical (unpaired) electrons. The van der Waals surface area contributed by atoms with E-state index in [-0.39, 0.29) is 11.7 Å². The Morgan fingerprint density at radius 2 is 1.94 bits per heavy atom. The molecular formula is C12H14N2O2. The highest BCUT2D eigenvalue weighted by Crippen LogP contribution is 2.40. The summed E-state index contributed by atoms with van der Waals surface area (Å²) in [4.78, 5) is 12.0. The van der Waals surface area contributed by atoms with E-state index in [0.29, 0.717) is 0 Å². The summed E-state index contributed by atoms with van der Waals surface area (Å²) in [6, 6.07) is 4.96. The van der Waals surface area contributed by atoms with Gasteiger partial charge in [-0.15, -0.1) is 0 Å². The molecule has 0 atom stereocenters. The molecule has 84 valence electrons. The Hall–Kier alpha value is -1.71. The average Bonchev–Trinajstić information content (AvgIpc) is 2.70. The number of hydrogen-bond acceptors (Lipinski definition) is 3. The van der Waals surface area contributed by atoms with E-state index in [1.54, 1.807) is 18.2 Å². The van der Waals surface area contributed by atoms with Crippen LogP contribution in [0.5, 0.6) is 5.75 Å². The molecule has 1 aromatic rings. The van der Waals surface area contributed by atoms with Crippen molar-refractivity contribution in [3.63, 3.8) is 0 Å². The Morgan fingerprint density at radius 1 is 1.19 bits per heavy atom. The zero-order valence-electron chi connectivity index (χ0n) is 8.92. The molecule has 0 unspecified atom stereocenters. The number of carbonyl (C=O) groups is 1. The Kier molecular flexibility index (Phi) is 1.87. The zero-order chi connectivity index (χ0) is 11.2. The van der Waals surface area contributed by atoms with Gasteiger partial charge in [-0.1, -0.05) is 12.8 Å². The van der Waals surface area contributed by atoms with E-state index in [1.807, 2.05) is 0 Å². The minimum atomic E-state index is -0.444. The van der Waals surface area contributed by atoms with Gasteiger partial charge in [0.1, 0.15) is 11.3 Å². The van der Waals surface area contributed by atoms with Gasteiger partial charge in [-0.2, -0.15) is 0 Å². The smallest absolute Gasteiger partial charge is 0.250 e. The van der Waals surface area contributed by atoms with Gasteiger partial charge >= 0.3 is 0 Å². The van der Waals surface area contributed by atoms with E-state index < -0.39 is 5.54 Å². The van der Waals surface area contributed by atoms with Crippen molar-refractivity contribution in [2.24, 2.45) is 0 Å². The number of fused-ring (bicyclic) bond motifs is 1. The first-order valence-electron chi connectivity index (χ1n) is 5.62. The van der Waals surface area contributed by atoms with E-state index in [4.69, 9.17) is 0 Å². The molecule has 4 heteroatoms. The second kappa shape index (κ2) is 3.14. The minimum absolute atomic E-state index is 0.0585. The molecule has 0 aromatic heterocycles. The lowest BCUT2D eigenvalue weighted by atomic mass is 9.93. The lowest BCUT2D eigenvalue weighted by molar-refractivity contribution is -0.120. The number of carbonyl (C=O) groups excluding carboxylic acids is 1. The second-order valence-corrected chi connectivity index (χ2v) is 4.60. The predicted molar refractivity (Wildman–Crippen MR) is 61.6 cm³/mol. The highest BCUT2D eigenvalue weighted by atomic mass is 16.3. The quantitative estimate of drug-likeness (QED) is 0.584. The Morgan fingerprint density at radius 3 is 2.69 bits per heavy atom. The number of rotatable bonds is 0. The van der Waals surface area contributed by atoms with Crippen LogP contribution in [0.3, 0.4) is 0 Å². The summed E-state index contributed by atoms with van der Waals surface area (Å²) in [5.74, 6) is 0.277. The fraction of sp³-hybridized carbons (Fsp3) is 0.417. The molecule has 2 aliphatic rings. The van der Waals surface area contributed by atoms with Gasteiger partial charge in [-0.3, -0.25) is 4.79 Å². The molecule has 3 rings (SSSR count). The topological polar surface area (TPSA) is 61.4 Å². The number of phenolic OH excluding ortho intramolecular Hbond substituents is 1. The molecule has 16 heavy (non-hydrogen) atoms. The summed E-state index contributed by atoms with van der Waals surface area (Å²) in [7, 11) is 0. The summed E-state index contributed by atoms with van der Waals surface area (Å²) < 4.78 is 0. The second-order valence-electron chi connectivity index (χ2n) is 4.60. The van der Waals surface area contributed by atoms with Gasteiger partial charge in [-0.25, -0.2) is 0 Å². The van der Waals surface area contributed by atoms with Crippen LogP contribution >= 0.6 is 0 Å². The minimum Gasteiger partial charge on any atom is -0.508 e. The van der Waals surface area contributed by atoms with E-state index in [0.717, 1.165) is 37.1 Å². The molecule has 1 saturated carbocycles. The molecule has 1 spiro atoms.